The summed E-state index contributed by atoms with van der Waals surface area (Å²) in [5, 5.41) is 5.41. The third-order valence-electron chi connectivity index (χ3n) is 3.95. The zero-order valence-corrected chi connectivity index (χ0v) is 17.7. The van der Waals surface area contributed by atoms with Gasteiger partial charge in [0, 0.05) is 23.8 Å². The van der Waals surface area contributed by atoms with Gasteiger partial charge in [0.15, 0.2) is 0 Å². The molecule has 0 aliphatic heterocycles. The summed E-state index contributed by atoms with van der Waals surface area (Å²) in [4.78, 5) is 24.6. The van der Waals surface area contributed by atoms with E-state index < -0.39 is 0 Å². The maximum Gasteiger partial charge on any atom is 0.339 e. The van der Waals surface area contributed by atoms with Crippen molar-refractivity contribution >= 4 is 44.6 Å². The van der Waals surface area contributed by atoms with Gasteiger partial charge in [-0.1, -0.05) is 0 Å². The number of nitrogen functional groups attached to an aromatic ring is 1. The molecule has 2 N–H and O–H groups in total. The molecule has 0 saturated heterocycles. The van der Waals surface area contributed by atoms with Gasteiger partial charge in [0.05, 0.1) is 35.3 Å². The molecule has 2 aromatic rings. The van der Waals surface area contributed by atoms with Crippen LogP contribution in [0.4, 0.5) is 10.0 Å². The van der Waals surface area contributed by atoms with Gasteiger partial charge in [0.2, 0.25) is 0 Å². The number of nitrogens with zero attached hydrogens (tertiary/aromatic N) is 1. The zero-order valence-electron chi connectivity index (χ0n) is 16.0. The molecular formula is C18H26N2O4S2. The average Bonchev–Trinajstić information content (AvgIpc) is 3.19. The molecule has 0 amide bonds. The first-order valence-corrected chi connectivity index (χ1v) is 9.91. The molecule has 0 unspecified atom stereocenters. The second-order valence-corrected chi connectivity index (χ2v) is 7.14. The van der Waals surface area contributed by atoms with Crippen LogP contribution in [0.15, 0.2) is 10.8 Å². The number of rotatable bonds is 5. The van der Waals surface area contributed by atoms with Crippen LogP contribution in [-0.4, -0.2) is 39.2 Å². The van der Waals surface area contributed by atoms with Gasteiger partial charge in [0.1, 0.15) is 0 Å². The number of hydrogen-bond donors (Lipinski definition) is 1. The van der Waals surface area contributed by atoms with Crippen molar-refractivity contribution in [1.29, 1.82) is 0 Å². The largest absolute Gasteiger partial charge is 0.465 e. The van der Waals surface area contributed by atoms with Crippen LogP contribution in [0.3, 0.4) is 0 Å². The highest BCUT2D eigenvalue weighted by molar-refractivity contribution is 7.15. The molecule has 2 heterocycles. The van der Waals surface area contributed by atoms with E-state index in [9.17, 15) is 9.59 Å². The van der Waals surface area contributed by atoms with Crippen LogP contribution in [-0.2, 0) is 9.47 Å². The summed E-state index contributed by atoms with van der Waals surface area (Å²) in [6.45, 7) is 9.91. The van der Waals surface area contributed by atoms with E-state index in [2.05, 4.69) is 23.5 Å². The number of esters is 2. The summed E-state index contributed by atoms with van der Waals surface area (Å²) in [5.41, 5.74) is 8.62. The molecule has 0 fully saturated rings. The number of nitrogens with two attached hydrogens (primary N) is 1. The van der Waals surface area contributed by atoms with E-state index in [-0.39, 0.29) is 11.9 Å². The summed E-state index contributed by atoms with van der Waals surface area (Å²) >= 11 is 2.95. The highest BCUT2D eigenvalue weighted by atomic mass is 32.1. The molecule has 2 rings (SSSR count). The summed E-state index contributed by atoms with van der Waals surface area (Å²) < 4.78 is 9.27. The van der Waals surface area contributed by atoms with E-state index in [1.165, 1.54) is 30.6 Å². The van der Waals surface area contributed by atoms with Gasteiger partial charge in [-0.25, -0.2) is 9.59 Å². The van der Waals surface area contributed by atoms with Crippen molar-refractivity contribution in [2.24, 2.45) is 0 Å². The van der Waals surface area contributed by atoms with E-state index >= 15 is 0 Å². The minimum Gasteiger partial charge on any atom is -0.465 e. The molecule has 0 spiro atoms. The Labute approximate surface area is 162 Å². The Bertz CT molecular complexity index is 748. The van der Waals surface area contributed by atoms with Crippen molar-refractivity contribution in [3.05, 3.63) is 33.0 Å². The molecule has 144 valence electrons. The number of ether oxygens (including phenoxy) is 2. The minimum atomic E-state index is -0.324. The summed E-state index contributed by atoms with van der Waals surface area (Å²) in [6.07, 6.45) is 0. The molecule has 26 heavy (non-hydrogen) atoms. The van der Waals surface area contributed by atoms with Crippen molar-refractivity contribution in [3.63, 3.8) is 0 Å². The first-order chi connectivity index (χ1) is 12.3. The normalized spacial score (nSPS) is 9.92. The summed E-state index contributed by atoms with van der Waals surface area (Å²) in [5.74, 6) is -0.572. The molecule has 0 aromatic carbocycles. The van der Waals surface area contributed by atoms with E-state index in [0.717, 1.165) is 24.2 Å². The van der Waals surface area contributed by atoms with Gasteiger partial charge in [-0.2, -0.15) is 0 Å². The lowest BCUT2D eigenvalue weighted by Crippen LogP contribution is -2.21. The Hall–Kier alpha value is -2.06. The first-order valence-electron chi connectivity index (χ1n) is 8.15. The molecule has 8 heteroatoms. The maximum absolute atomic E-state index is 11.4. The smallest absolute Gasteiger partial charge is 0.339 e. The van der Waals surface area contributed by atoms with Gasteiger partial charge >= 0.3 is 11.9 Å². The number of anilines is 2. The van der Waals surface area contributed by atoms with Crippen LogP contribution in [0.2, 0.25) is 0 Å². The lowest BCUT2D eigenvalue weighted by Gasteiger charge is -2.19. The minimum absolute atomic E-state index is 0.248. The quantitative estimate of drug-likeness (QED) is 0.763. The molecule has 0 atom stereocenters. The number of carbonyl (C=O) groups excluding carboxylic acids is 2. The third kappa shape index (κ3) is 4.98. The predicted octanol–water partition coefficient (Wildman–Crippen LogP) is 4.11. The van der Waals surface area contributed by atoms with Crippen LogP contribution in [0.1, 0.15) is 45.7 Å². The van der Waals surface area contributed by atoms with E-state index in [1.54, 1.807) is 23.6 Å². The number of thiophene rings is 2. The number of methoxy groups -OCH3 is 2. The molecule has 2 aromatic heterocycles. The van der Waals surface area contributed by atoms with Crippen LogP contribution in [0, 0.1) is 13.8 Å². The Morgan fingerprint density at radius 3 is 1.81 bits per heavy atom. The van der Waals surface area contributed by atoms with Crippen molar-refractivity contribution in [1.82, 2.24) is 0 Å². The molecule has 0 aliphatic carbocycles. The van der Waals surface area contributed by atoms with Gasteiger partial charge < -0.3 is 20.1 Å². The monoisotopic (exact) mass is 398 g/mol. The lowest BCUT2D eigenvalue weighted by atomic mass is 10.2. The number of carbonyl (C=O) groups is 2. The number of hydrogen-bond acceptors (Lipinski definition) is 8. The van der Waals surface area contributed by atoms with Crippen LogP contribution >= 0.6 is 22.7 Å². The van der Waals surface area contributed by atoms with E-state index in [4.69, 9.17) is 10.5 Å². The van der Waals surface area contributed by atoms with Gasteiger partial charge in [-0.15, -0.1) is 22.7 Å². The molecule has 0 aliphatic rings. The Balaban J connectivity index is 0.000000273. The topological polar surface area (TPSA) is 81.9 Å². The summed E-state index contributed by atoms with van der Waals surface area (Å²) in [7, 11) is 2.77. The maximum atomic E-state index is 11.4. The molecule has 0 bridgehead atoms. The fraction of sp³-hybridized carbons (Fsp3) is 0.444. The van der Waals surface area contributed by atoms with Crippen molar-refractivity contribution in [2.45, 2.75) is 27.7 Å². The van der Waals surface area contributed by atoms with Crippen molar-refractivity contribution in [3.8, 4) is 0 Å². The first kappa shape index (κ1) is 22.0. The Morgan fingerprint density at radius 1 is 0.962 bits per heavy atom. The third-order valence-corrected chi connectivity index (χ3v) is 6.01. The van der Waals surface area contributed by atoms with E-state index in [1.807, 2.05) is 12.3 Å². The highest BCUT2D eigenvalue weighted by Crippen LogP contribution is 2.31. The van der Waals surface area contributed by atoms with Gasteiger partial charge in [-0.3, -0.25) is 0 Å². The highest BCUT2D eigenvalue weighted by Gasteiger charge is 2.17. The van der Waals surface area contributed by atoms with E-state index in [0.29, 0.717) is 16.1 Å². The second kappa shape index (κ2) is 10.2. The van der Waals surface area contributed by atoms with Crippen molar-refractivity contribution in [2.75, 3.05) is 37.9 Å². The Kier molecular flexibility index (Phi) is 8.60. The van der Waals surface area contributed by atoms with Crippen LogP contribution in [0.25, 0.3) is 0 Å². The van der Waals surface area contributed by atoms with Crippen molar-refractivity contribution < 1.29 is 19.1 Å². The van der Waals surface area contributed by atoms with Gasteiger partial charge in [-0.05, 0) is 38.8 Å². The predicted molar refractivity (Wildman–Crippen MR) is 109 cm³/mol. The molecule has 0 radical (unpaired) electrons. The molecule has 0 saturated carbocycles. The van der Waals surface area contributed by atoms with Crippen LogP contribution in [0.5, 0.6) is 0 Å². The second-order valence-electron chi connectivity index (χ2n) is 5.37. The van der Waals surface area contributed by atoms with Crippen LogP contribution < -0.4 is 10.6 Å². The zero-order chi connectivity index (χ0) is 19.9. The Morgan fingerprint density at radius 2 is 1.42 bits per heavy atom. The summed E-state index contributed by atoms with van der Waals surface area (Å²) in [6, 6.07) is 0. The fourth-order valence-corrected chi connectivity index (χ4v) is 4.28. The van der Waals surface area contributed by atoms with Gasteiger partial charge in [0.25, 0.3) is 0 Å². The standard InChI is InChI=1S/C11H17NO2S.C7H9NO2S/c1-5-12(6-2)10-8(3)9(7-15-10)11(13)14-4;1-4-5(7(9)10-2)3-11-6(4)8/h7H,5-6H2,1-4H3;3H,8H2,1-2H3. The molecule has 6 nitrogen and oxygen atoms in total. The SMILES string of the molecule is CCN(CC)c1scc(C(=O)OC)c1C.COC(=O)c1csc(N)c1C. The fourth-order valence-electron chi connectivity index (χ4n) is 2.28. The average molecular weight is 399 g/mol. The molecular weight excluding hydrogens is 372 g/mol. The lowest BCUT2D eigenvalue weighted by molar-refractivity contribution is 0.0591.